The summed E-state index contributed by atoms with van der Waals surface area (Å²) >= 11 is 0. The molecule has 1 aromatic rings. The van der Waals surface area contributed by atoms with Crippen molar-refractivity contribution in [3.8, 4) is 5.75 Å². The Morgan fingerprint density at radius 3 is 2.19 bits per heavy atom. The predicted molar refractivity (Wildman–Crippen MR) is 120 cm³/mol. The molecule has 9 heteroatoms. The van der Waals surface area contributed by atoms with E-state index in [-0.39, 0.29) is 24.5 Å². The Labute approximate surface area is 190 Å². The number of hydrogen-bond acceptors (Lipinski definition) is 5. The van der Waals surface area contributed by atoms with Gasteiger partial charge in [0.05, 0.1) is 19.1 Å². The van der Waals surface area contributed by atoms with Crippen molar-refractivity contribution in [3.63, 3.8) is 0 Å². The summed E-state index contributed by atoms with van der Waals surface area (Å²) in [5, 5.41) is 9.99. The lowest BCUT2D eigenvalue weighted by atomic mass is 9.91. The minimum absolute atomic E-state index is 0.0560. The van der Waals surface area contributed by atoms with Crippen molar-refractivity contribution in [3.05, 3.63) is 29.6 Å². The molecule has 0 aliphatic rings. The van der Waals surface area contributed by atoms with E-state index in [1.165, 1.54) is 12.1 Å². The van der Waals surface area contributed by atoms with E-state index < -0.39 is 50.1 Å². The molecule has 0 bridgehead atoms. The first-order chi connectivity index (χ1) is 14.4. The van der Waals surface area contributed by atoms with Crippen LogP contribution in [-0.2, 0) is 20.4 Å². The summed E-state index contributed by atoms with van der Waals surface area (Å²) in [6.45, 7) is 12.0. The van der Waals surface area contributed by atoms with Crippen molar-refractivity contribution >= 4 is 14.3 Å². The highest BCUT2D eigenvalue weighted by molar-refractivity contribution is 6.74. The summed E-state index contributed by atoms with van der Waals surface area (Å²) in [5.74, 6) is -2.46. The highest BCUT2D eigenvalue weighted by atomic mass is 28.4. The van der Waals surface area contributed by atoms with E-state index in [0.29, 0.717) is 5.56 Å². The van der Waals surface area contributed by atoms with Crippen LogP contribution in [0, 0.1) is 11.7 Å². The van der Waals surface area contributed by atoms with Crippen LogP contribution in [0.3, 0.4) is 0 Å². The smallest absolute Gasteiger partial charge is 0.387 e. The fraction of sp³-hybridized carbons (Fsp3) is 0.696. The van der Waals surface area contributed by atoms with E-state index in [2.05, 4.69) is 25.5 Å². The van der Waals surface area contributed by atoms with Crippen LogP contribution in [0.1, 0.15) is 53.5 Å². The van der Waals surface area contributed by atoms with Gasteiger partial charge in [-0.05, 0) is 63.0 Å². The average Bonchev–Trinajstić information content (AvgIpc) is 2.59. The van der Waals surface area contributed by atoms with Crippen LogP contribution in [0.15, 0.2) is 18.2 Å². The maximum Gasteiger partial charge on any atom is 0.387 e. The molecule has 0 radical (unpaired) electrons. The first kappa shape index (κ1) is 28.4. The molecule has 2 atom stereocenters. The van der Waals surface area contributed by atoms with E-state index in [1.807, 2.05) is 13.1 Å². The fourth-order valence-electron chi connectivity index (χ4n) is 2.93. The number of carbonyl (C=O) groups excluding carboxylic acids is 1. The monoisotopic (exact) mass is 478 g/mol. The number of halogens is 3. The molecule has 0 aliphatic carbocycles. The Bertz CT molecular complexity index is 757. The van der Waals surface area contributed by atoms with E-state index in [0.717, 1.165) is 6.07 Å². The molecule has 0 saturated heterocycles. The normalized spacial score (nSPS) is 14.9. The highest BCUT2D eigenvalue weighted by Crippen LogP contribution is 2.39. The minimum Gasteiger partial charge on any atom is -0.460 e. The van der Waals surface area contributed by atoms with Gasteiger partial charge in [-0.25, -0.2) is 4.39 Å². The Kier molecular flexibility index (Phi) is 9.80. The molecule has 32 heavy (non-hydrogen) atoms. The number of hydrogen-bond donors (Lipinski definition) is 1. The van der Waals surface area contributed by atoms with Gasteiger partial charge in [0.2, 0.25) is 0 Å². The van der Waals surface area contributed by atoms with Gasteiger partial charge in [0.15, 0.2) is 19.9 Å². The van der Waals surface area contributed by atoms with Gasteiger partial charge in [0, 0.05) is 5.92 Å². The van der Waals surface area contributed by atoms with Crippen molar-refractivity contribution in [1.82, 2.24) is 0 Å². The van der Waals surface area contributed by atoms with E-state index in [4.69, 9.17) is 9.16 Å². The molecule has 5 nitrogen and oxygen atoms in total. The summed E-state index contributed by atoms with van der Waals surface area (Å²) in [6.07, 6.45) is -0.564. The van der Waals surface area contributed by atoms with Crippen LogP contribution in [0.4, 0.5) is 13.2 Å². The van der Waals surface area contributed by atoms with Gasteiger partial charge in [-0.2, -0.15) is 8.78 Å². The van der Waals surface area contributed by atoms with Crippen LogP contribution < -0.4 is 4.74 Å². The Balaban J connectivity index is 3.23. The highest BCUT2D eigenvalue weighted by Gasteiger charge is 2.41. The topological polar surface area (TPSA) is 65.0 Å². The summed E-state index contributed by atoms with van der Waals surface area (Å²) in [5.41, 5.74) is -0.210. The molecule has 0 saturated carbocycles. The van der Waals surface area contributed by atoms with Crippen molar-refractivity contribution in [2.75, 3.05) is 6.61 Å². The van der Waals surface area contributed by atoms with Crippen molar-refractivity contribution in [2.45, 2.75) is 90.8 Å². The predicted octanol–water partition coefficient (Wildman–Crippen LogP) is 5.70. The standard InChI is InChI=1S/C23H37F3O5Si/c1-22(2,3)30-20(28)13-16(19(14-27)31-32(7,8)23(4,5)6)11-15-9-10-17(24)18(12-15)29-21(25)26/h9-10,12,16,19,21,27H,11,13-14H2,1-8H3/t16-,19-/m1/s1. The largest absolute Gasteiger partial charge is 0.460 e. The zero-order valence-corrected chi connectivity index (χ0v) is 21.3. The fourth-order valence-corrected chi connectivity index (χ4v) is 4.31. The van der Waals surface area contributed by atoms with Gasteiger partial charge in [0.1, 0.15) is 5.60 Å². The van der Waals surface area contributed by atoms with Crippen LogP contribution in [-0.4, -0.2) is 44.3 Å². The lowest BCUT2D eigenvalue weighted by Crippen LogP contribution is -2.47. The van der Waals surface area contributed by atoms with Crippen LogP contribution in [0.25, 0.3) is 0 Å². The molecular weight excluding hydrogens is 441 g/mol. The van der Waals surface area contributed by atoms with Crippen LogP contribution >= 0.6 is 0 Å². The van der Waals surface area contributed by atoms with E-state index in [9.17, 15) is 23.1 Å². The lowest BCUT2D eigenvalue weighted by Gasteiger charge is -2.41. The summed E-state index contributed by atoms with van der Waals surface area (Å²) in [6, 6.07) is 3.67. The molecule has 0 aromatic heterocycles. The maximum absolute atomic E-state index is 13.9. The van der Waals surface area contributed by atoms with Crippen molar-refractivity contribution < 1.29 is 37.0 Å². The van der Waals surface area contributed by atoms with Crippen molar-refractivity contribution in [2.24, 2.45) is 5.92 Å². The molecule has 1 aromatic carbocycles. The van der Waals surface area contributed by atoms with Crippen LogP contribution in [0.5, 0.6) is 5.75 Å². The average molecular weight is 479 g/mol. The SMILES string of the molecule is CC(C)(C)OC(=O)C[C@@H](Cc1ccc(F)c(OC(F)F)c1)[C@@H](CO)O[Si](C)(C)C(C)(C)C. The number of alkyl halides is 2. The van der Waals surface area contributed by atoms with Gasteiger partial charge in [-0.1, -0.05) is 26.8 Å². The van der Waals surface area contributed by atoms with Crippen LogP contribution in [0.2, 0.25) is 18.1 Å². The van der Waals surface area contributed by atoms with E-state index >= 15 is 0 Å². The molecule has 184 valence electrons. The van der Waals surface area contributed by atoms with Gasteiger partial charge in [-0.15, -0.1) is 0 Å². The second-order valence-corrected chi connectivity index (χ2v) is 15.3. The number of ether oxygens (including phenoxy) is 2. The Morgan fingerprint density at radius 2 is 1.72 bits per heavy atom. The van der Waals surface area contributed by atoms with Gasteiger partial charge in [0.25, 0.3) is 0 Å². The van der Waals surface area contributed by atoms with Gasteiger partial charge in [-0.3, -0.25) is 4.79 Å². The van der Waals surface area contributed by atoms with Crippen molar-refractivity contribution in [1.29, 1.82) is 0 Å². The molecule has 0 heterocycles. The van der Waals surface area contributed by atoms with Gasteiger partial charge >= 0.3 is 12.6 Å². The number of aliphatic hydroxyl groups is 1. The molecule has 1 rings (SSSR count). The first-order valence-corrected chi connectivity index (χ1v) is 13.6. The molecule has 0 amide bonds. The maximum atomic E-state index is 13.9. The molecule has 1 N–H and O–H groups in total. The number of carbonyl (C=O) groups is 1. The number of benzene rings is 1. The summed E-state index contributed by atoms with van der Waals surface area (Å²) in [4.78, 5) is 12.6. The molecule has 0 fully saturated rings. The summed E-state index contributed by atoms with van der Waals surface area (Å²) in [7, 11) is -2.30. The second-order valence-electron chi connectivity index (χ2n) is 10.5. The third kappa shape index (κ3) is 9.11. The lowest BCUT2D eigenvalue weighted by molar-refractivity contribution is -0.157. The molecule has 0 aliphatic heterocycles. The number of rotatable bonds is 10. The third-order valence-electron chi connectivity index (χ3n) is 5.52. The molecular formula is C23H37F3O5Si. The quantitative estimate of drug-likeness (QED) is 0.345. The number of aliphatic hydroxyl groups excluding tert-OH is 1. The second kappa shape index (κ2) is 11.0. The Morgan fingerprint density at radius 1 is 1.12 bits per heavy atom. The third-order valence-corrected chi connectivity index (χ3v) is 10.0. The first-order valence-electron chi connectivity index (χ1n) is 10.7. The van der Waals surface area contributed by atoms with Gasteiger partial charge < -0.3 is 19.0 Å². The van der Waals surface area contributed by atoms with E-state index in [1.54, 1.807) is 20.8 Å². The minimum atomic E-state index is -3.16. The zero-order chi connectivity index (χ0) is 24.9. The zero-order valence-electron chi connectivity index (χ0n) is 20.3. The Hall–Kier alpha value is -1.58. The summed E-state index contributed by atoms with van der Waals surface area (Å²) < 4.78 is 55.2. The number of esters is 1. The molecule has 0 unspecified atom stereocenters. The molecule has 0 spiro atoms.